The van der Waals surface area contributed by atoms with Crippen molar-refractivity contribution in [2.75, 3.05) is 6.54 Å². The number of carbonyl (C=O) groups is 5. The van der Waals surface area contributed by atoms with Gasteiger partial charge in [0.15, 0.2) is 0 Å². The molecule has 0 aliphatic rings. The largest absolute Gasteiger partial charge is 0.508 e. The van der Waals surface area contributed by atoms with E-state index >= 15 is 0 Å². The van der Waals surface area contributed by atoms with E-state index in [1.165, 1.54) is 12.1 Å². The van der Waals surface area contributed by atoms with E-state index in [-0.39, 0.29) is 12.2 Å². The van der Waals surface area contributed by atoms with E-state index in [2.05, 4.69) is 10.6 Å². The minimum atomic E-state index is -1.77. The molecule has 4 atom stereocenters. The number of phenolic OH excluding ortho intramolecular Hbond substituents is 1. The summed E-state index contributed by atoms with van der Waals surface area (Å²) in [4.78, 5) is 58.2. The third-order valence-corrected chi connectivity index (χ3v) is 4.23. The number of carbonyl (C=O) groups excluding carboxylic acids is 3. The highest BCUT2D eigenvalue weighted by Crippen LogP contribution is 2.10. The molecule has 0 saturated heterocycles. The quantitative estimate of drug-likeness (QED) is 0.163. The molecule has 0 aliphatic heterocycles. The van der Waals surface area contributed by atoms with Gasteiger partial charge in [-0.3, -0.25) is 19.2 Å². The lowest BCUT2D eigenvalue weighted by molar-refractivity contribution is -0.147. The Hall–Kier alpha value is -3.71. The topological polar surface area (TPSA) is 228 Å². The number of nitrogens with two attached hydrogens (primary N) is 1. The molecule has 0 fully saturated rings. The molecule has 1 aromatic rings. The lowest BCUT2D eigenvalue weighted by Crippen LogP contribution is -2.57. The molecule has 1 rings (SSSR count). The molecule has 0 aromatic heterocycles. The summed E-state index contributed by atoms with van der Waals surface area (Å²) in [6.45, 7) is 0.569. The Morgan fingerprint density at radius 2 is 1.59 bits per heavy atom. The van der Waals surface area contributed by atoms with Crippen LogP contribution in [0.25, 0.3) is 0 Å². The second-order valence-corrected chi connectivity index (χ2v) is 6.98. The first kappa shape index (κ1) is 26.3. The van der Waals surface area contributed by atoms with Gasteiger partial charge in [-0.2, -0.15) is 0 Å². The number of amides is 3. The van der Waals surface area contributed by atoms with Crippen LogP contribution in [0, 0.1) is 0 Å². The fourth-order valence-corrected chi connectivity index (χ4v) is 2.54. The summed E-state index contributed by atoms with van der Waals surface area (Å²) in [7, 11) is 0. The number of aliphatic hydroxyl groups is 1. The fraction of sp³-hybridized carbons (Fsp3) is 0.421. The maximum atomic E-state index is 12.2. The number of hydrogen-bond donors (Lipinski definition) is 8. The van der Waals surface area contributed by atoms with Gasteiger partial charge in [0, 0.05) is 0 Å². The van der Waals surface area contributed by atoms with Gasteiger partial charge in [0.1, 0.15) is 17.8 Å². The Labute approximate surface area is 182 Å². The number of nitrogens with one attached hydrogen (secondary N) is 3. The molecule has 4 unspecified atom stereocenters. The van der Waals surface area contributed by atoms with E-state index < -0.39 is 66.9 Å². The van der Waals surface area contributed by atoms with E-state index in [0.29, 0.717) is 5.56 Å². The van der Waals surface area contributed by atoms with E-state index in [0.717, 1.165) is 6.92 Å². The number of aliphatic hydroxyl groups excluding tert-OH is 1. The molecule has 13 nitrogen and oxygen atoms in total. The number of carboxylic acid groups (broad SMARTS) is 2. The minimum absolute atomic E-state index is 0.0535. The van der Waals surface area contributed by atoms with Crippen LogP contribution in [0.2, 0.25) is 0 Å². The maximum Gasteiger partial charge on any atom is 0.326 e. The normalized spacial score (nSPS) is 14.3. The van der Waals surface area contributed by atoms with Crippen molar-refractivity contribution >= 4 is 29.7 Å². The summed E-state index contributed by atoms with van der Waals surface area (Å²) < 4.78 is 0. The summed E-state index contributed by atoms with van der Waals surface area (Å²) in [6, 6.07) is 1.65. The number of benzene rings is 1. The Bertz CT molecular complexity index is 842. The van der Waals surface area contributed by atoms with Crippen LogP contribution in [0.5, 0.6) is 5.75 Å². The zero-order valence-corrected chi connectivity index (χ0v) is 17.1. The molecule has 0 saturated carbocycles. The van der Waals surface area contributed by atoms with Crippen LogP contribution in [0.1, 0.15) is 18.9 Å². The smallest absolute Gasteiger partial charge is 0.326 e. The molecule has 0 spiro atoms. The molecule has 0 radical (unpaired) electrons. The Morgan fingerprint density at radius 1 is 1.00 bits per heavy atom. The van der Waals surface area contributed by atoms with Crippen molar-refractivity contribution in [3.05, 3.63) is 29.8 Å². The number of hydrogen-bond acceptors (Lipinski definition) is 8. The van der Waals surface area contributed by atoms with Crippen LogP contribution in [-0.4, -0.2) is 80.9 Å². The highest BCUT2D eigenvalue weighted by molar-refractivity contribution is 5.93. The molecular formula is C19H26N4O9. The molecule has 0 heterocycles. The van der Waals surface area contributed by atoms with Gasteiger partial charge in [-0.25, -0.2) is 4.79 Å². The van der Waals surface area contributed by atoms with Crippen LogP contribution < -0.4 is 21.7 Å². The zero-order chi connectivity index (χ0) is 24.4. The average molecular weight is 454 g/mol. The monoisotopic (exact) mass is 454 g/mol. The lowest BCUT2D eigenvalue weighted by atomic mass is 10.1. The van der Waals surface area contributed by atoms with Gasteiger partial charge >= 0.3 is 11.9 Å². The second kappa shape index (κ2) is 12.2. The van der Waals surface area contributed by atoms with Crippen LogP contribution >= 0.6 is 0 Å². The van der Waals surface area contributed by atoms with Crippen molar-refractivity contribution in [3.63, 3.8) is 0 Å². The number of phenols is 1. The molecule has 9 N–H and O–H groups in total. The first-order valence-corrected chi connectivity index (χ1v) is 9.44. The van der Waals surface area contributed by atoms with E-state index in [1.54, 1.807) is 12.1 Å². The van der Waals surface area contributed by atoms with Gasteiger partial charge < -0.3 is 42.1 Å². The summed E-state index contributed by atoms with van der Waals surface area (Å²) in [5.41, 5.74) is 6.46. The van der Waals surface area contributed by atoms with Crippen LogP contribution in [-0.2, 0) is 30.4 Å². The molecule has 0 aliphatic carbocycles. The van der Waals surface area contributed by atoms with Gasteiger partial charge in [0.25, 0.3) is 0 Å². The fourth-order valence-electron chi connectivity index (χ4n) is 2.54. The van der Waals surface area contributed by atoms with Crippen molar-refractivity contribution in [2.24, 2.45) is 5.73 Å². The summed E-state index contributed by atoms with van der Waals surface area (Å²) in [5, 5.41) is 43.0. The first-order chi connectivity index (χ1) is 14.9. The summed E-state index contributed by atoms with van der Waals surface area (Å²) in [6.07, 6.45) is -2.23. The van der Waals surface area contributed by atoms with Gasteiger partial charge in [-0.05, 0) is 31.0 Å². The number of aliphatic carboxylic acids is 2. The first-order valence-electron chi connectivity index (χ1n) is 9.44. The molecule has 176 valence electrons. The van der Waals surface area contributed by atoms with Crippen molar-refractivity contribution in [2.45, 2.75) is 44.0 Å². The van der Waals surface area contributed by atoms with Gasteiger partial charge in [0.05, 0.1) is 25.1 Å². The zero-order valence-electron chi connectivity index (χ0n) is 17.1. The van der Waals surface area contributed by atoms with Crippen LogP contribution in [0.15, 0.2) is 24.3 Å². The predicted molar refractivity (Wildman–Crippen MR) is 108 cm³/mol. The highest BCUT2D eigenvalue weighted by atomic mass is 16.4. The van der Waals surface area contributed by atoms with Crippen LogP contribution in [0.3, 0.4) is 0 Å². The number of aromatic hydroxyl groups is 1. The minimum Gasteiger partial charge on any atom is -0.508 e. The van der Waals surface area contributed by atoms with E-state index in [1.807, 2.05) is 5.32 Å². The Morgan fingerprint density at radius 3 is 2.09 bits per heavy atom. The third kappa shape index (κ3) is 8.97. The average Bonchev–Trinajstić information content (AvgIpc) is 2.70. The molecule has 32 heavy (non-hydrogen) atoms. The standard InChI is InChI=1S/C19H26N4O9/c1-9(24)16(18(30)22-13(19(31)32)7-15(27)28)23-14(26)8-21-17(29)12(20)6-10-2-4-11(25)5-3-10/h2-5,9,12-13,16,24-25H,6-8,20H2,1H3,(H,21,29)(H,22,30)(H,23,26)(H,27,28)(H,31,32). The van der Waals surface area contributed by atoms with Crippen molar-refractivity contribution < 1.29 is 44.4 Å². The number of rotatable bonds is 12. The Kier molecular flexibility index (Phi) is 10.1. The third-order valence-electron chi connectivity index (χ3n) is 4.23. The van der Waals surface area contributed by atoms with Crippen molar-refractivity contribution in [3.8, 4) is 5.75 Å². The van der Waals surface area contributed by atoms with Crippen LogP contribution in [0.4, 0.5) is 0 Å². The predicted octanol–water partition coefficient (Wildman–Crippen LogP) is -2.71. The van der Waals surface area contributed by atoms with Crippen molar-refractivity contribution in [1.82, 2.24) is 16.0 Å². The SMILES string of the molecule is CC(O)C(NC(=O)CNC(=O)C(N)Cc1ccc(O)cc1)C(=O)NC(CC(=O)O)C(=O)O. The van der Waals surface area contributed by atoms with Gasteiger partial charge in [-0.1, -0.05) is 12.1 Å². The molecule has 3 amide bonds. The number of carboxylic acids is 2. The van der Waals surface area contributed by atoms with E-state index in [4.69, 9.17) is 15.9 Å². The molecule has 0 bridgehead atoms. The molecule has 1 aromatic carbocycles. The van der Waals surface area contributed by atoms with E-state index in [9.17, 15) is 34.2 Å². The lowest BCUT2D eigenvalue weighted by Gasteiger charge is -2.23. The highest BCUT2D eigenvalue weighted by Gasteiger charge is 2.31. The van der Waals surface area contributed by atoms with Crippen molar-refractivity contribution in [1.29, 1.82) is 0 Å². The molecular weight excluding hydrogens is 428 g/mol. The van der Waals surface area contributed by atoms with Gasteiger partial charge in [-0.15, -0.1) is 0 Å². The molecule has 13 heteroatoms. The summed E-state index contributed by atoms with van der Waals surface area (Å²) in [5.74, 6) is -5.68. The van der Waals surface area contributed by atoms with Gasteiger partial charge in [0.2, 0.25) is 17.7 Å². The maximum absolute atomic E-state index is 12.2. The summed E-state index contributed by atoms with van der Waals surface area (Å²) >= 11 is 0. The Balaban J connectivity index is 2.61. The second-order valence-electron chi connectivity index (χ2n) is 6.98.